The third-order valence-corrected chi connectivity index (χ3v) is 3.88. The highest BCUT2D eigenvalue weighted by molar-refractivity contribution is 6.30. The van der Waals surface area contributed by atoms with E-state index in [1.54, 1.807) is 29.9 Å². The number of amides is 1. The van der Waals surface area contributed by atoms with Crippen LogP contribution < -0.4 is 5.32 Å². The van der Waals surface area contributed by atoms with Gasteiger partial charge in [0, 0.05) is 11.2 Å². The van der Waals surface area contributed by atoms with Crippen LogP contribution in [0.25, 0.3) is 0 Å². The van der Waals surface area contributed by atoms with Crippen LogP contribution >= 0.6 is 11.6 Å². The maximum Gasteiger partial charge on any atom is 0.390 e. The summed E-state index contributed by atoms with van der Waals surface area (Å²) in [6.45, 7) is 2.07. The SMILES string of the molecule is Cc1cc([N+](=O)[O-])nn1CC(=O)Nc1cnn(Cc2ccc(Cl)cc2)c1. The van der Waals surface area contributed by atoms with Gasteiger partial charge in [-0.1, -0.05) is 23.7 Å². The van der Waals surface area contributed by atoms with Crippen molar-refractivity contribution in [3.05, 3.63) is 69.1 Å². The zero-order valence-electron chi connectivity index (χ0n) is 13.8. The fourth-order valence-electron chi connectivity index (χ4n) is 2.37. The van der Waals surface area contributed by atoms with E-state index in [1.165, 1.54) is 16.9 Å². The first-order valence-corrected chi connectivity index (χ1v) is 8.04. The van der Waals surface area contributed by atoms with E-state index < -0.39 is 4.92 Å². The number of nitrogens with one attached hydrogen (secondary N) is 1. The molecule has 0 unspecified atom stereocenters. The van der Waals surface area contributed by atoms with E-state index in [4.69, 9.17) is 11.6 Å². The molecule has 0 radical (unpaired) electrons. The van der Waals surface area contributed by atoms with Gasteiger partial charge in [0.05, 0.1) is 35.3 Å². The molecule has 3 rings (SSSR count). The van der Waals surface area contributed by atoms with Crippen molar-refractivity contribution in [1.29, 1.82) is 0 Å². The lowest BCUT2D eigenvalue weighted by atomic mass is 10.2. The number of aromatic nitrogens is 4. The molecule has 10 heteroatoms. The van der Waals surface area contributed by atoms with Crippen LogP contribution in [0.5, 0.6) is 0 Å². The van der Waals surface area contributed by atoms with Crippen molar-refractivity contribution in [3.8, 4) is 0 Å². The number of carbonyl (C=O) groups excluding carboxylic acids is 1. The van der Waals surface area contributed by atoms with Gasteiger partial charge < -0.3 is 15.4 Å². The molecule has 3 aromatic rings. The fourth-order valence-corrected chi connectivity index (χ4v) is 2.50. The summed E-state index contributed by atoms with van der Waals surface area (Å²) in [5.74, 6) is -0.636. The minimum absolute atomic E-state index is 0.123. The van der Waals surface area contributed by atoms with Gasteiger partial charge in [0.25, 0.3) is 0 Å². The summed E-state index contributed by atoms with van der Waals surface area (Å²) in [6.07, 6.45) is 3.23. The Morgan fingerprint density at radius 2 is 2.08 bits per heavy atom. The van der Waals surface area contributed by atoms with Crippen molar-refractivity contribution >= 4 is 29.0 Å². The monoisotopic (exact) mass is 374 g/mol. The van der Waals surface area contributed by atoms with Crippen LogP contribution in [0, 0.1) is 17.0 Å². The number of aryl methyl sites for hydroxylation is 1. The Balaban J connectivity index is 1.60. The number of benzene rings is 1. The molecule has 9 nitrogen and oxygen atoms in total. The smallest absolute Gasteiger partial charge is 0.358 e. The van der Waals surface area contributed by atoms with E-state index in [9.17, 15) is 14.9 Å². The molecule has 0 spiro atoms. The van der Waals surface area contributed by atoms with Crippen LogP contribution in [-0.4, -0.2) is 30.4 Å². The molecule has 0 aliphatic carbocycles. The molecule has 2 heterocycles. The number of nitrogens with zero attached hydrogens (tertiary/aromatic N) is 5. The summed E-state index contributed by atoms with van der Waals surface area (Å²) in [4.78, 5) is 22.3. The van der Waals surface area contributed by atoms with Crippen molar-refractivity contribution in [1.82, 2.24) is 19.6 Å². The minimum Gasteiger partial charge on any atom is -0.358 e. The molecular formula is C16H15ClN6O3. The molecule has 0 bridgehead atoms. The number of halogens is 1. The highest BCUT2D eigenvalue weighted by atomic mass is 35.5. The van der Waals surface area contributed by atoms with Crippen LogP contribution in [0.4, 0.5) is 11.5 Å². The molecule has 0 aliphatic heterocycles. The van der Waals surface area contributed by atoms with Gasteiger partial charge in [-0.2, -0.15) is 9.78 Å². The molecule has 0 fully saturated rings. The molecule has 0 saturated carbocycles. The average Bonchev–Trinajstić information content (AvgIpc) is 3.17. The van der Waals surface area contributed by atoms with Crippen LogP contribution in [0.2, 0.25) is 5.02 Å². The van der Waals surface area contributed by atoms with Crippen molar-refractivity contribution in [3.63, 3.8) is 0 Å². The zero-order chi connectivity index (χ0) is 18.7. The van der Waals surface area contributed by atoms with Crippen molar-refractivity contribution in [2.45, 2.75) is 20.0 Å². The Morgan fingerprint density at radius 1 is 1.35 bits per heavy atom. The second kappa shape index (κ2) is 7.36. The van der Waals surface area contributed by atoms with Crippen LogP contribution in [0.1, 0.15) is 11.3 Å². The van der Waals surface area contributed by atoms with E-state index in [-0.39, 0.29) is 18.3 Å². The lowest BCUT2D eigenvalue weighted by Gasteiger charge is -2.03. The standard InChI is InChI=1S/C16H15ClN6O3/c1-11-6-15(23(25)26)20-22(11)10-16(24)19-14-7-18-21(9-14)8-12-2-4-13(17)5-3-12/h2-7,9H,8,10H2,1H3,(H,19,24). The van der Waals surface area contributed by atoms with E-state index in [1.807, 2.05) is 12.1 Å². The van der Waals surface area contributed by atoms with Gasteiger partial charge in [0.2, 0.25) is 5.91 Å². The third kappa shape index (κ3) is 4.25. The number of rotatable bonds is 6. The maximum absolute atomic E-state index is 12.1. The summed E-state index contributed by atoms with van der Waals surface area (Å²) >= 11 is 5.86. The highest BCUT2D eigenvalue weighted by Gasteiger charge is 2.17. The summed E-state index contributed by atoms with van der Waals surface area (Å²) in [6, 6.07) is 8.71. The van der Waals surface area contributed by atoms with Gasteiger partial charge in [-0.05, 0) is 29.5 Å². The highest BCUT2D eigenvalue weighted by Crippen LogP contribution is 2.13. The lowest BCUT2D eigenvalue weighted by molar-refractivity contribution is -0.389. The Labute approximate surface area is 153 Å². The first-order valence-electron chi connectivity index (χ1n) is 7.66. The zero-order valence-corrected chi connectivity index (χ0v) is 14.6. The molecule has 1 aromatic carbocycles. The summed E-state index contributed by atoms with van der Waals surface area (Å²) in [7, 11) is 0. The first kappa shape index (κ1) is 17.6. The summed E-state index contributed by atoms with van der Waals surface area (Å²) < 4.78 is 2.97. The first-order chi connectivity index (χ1) is 12.4. The van der Waals surface area contributed by atoms with Crippen molar-refractivity contribution in [2.24, 2.45) is 0 Å². The molecule has 1 amide bonds. The molecule has 26 heavy (non-hydrogen) atoms. The second-order valence-electron chi connectivity index (χ2n) is 5.66. The molecular weight excluding hydrogens is 360 g/mol. The van der Waals surface area contributed by atoms with Crippen LogP contribution in [-0.2, 0) is 17.9 Å². The van der Waals surface area contributed by atoms with Gasteiger partial charge >= 0.3 is 5.82 Å². The molecule has 0 aliphatic rings. The van der Waals surface area contributed by atoms with Gasteiger partial charge in [-0.15, -0.1) is 0 Å². The normalized spacial score (nSPS) is 10.7. The molecule has 134 valence electrons. The molecule has 2 aromatic heterocycles. The van der Waals surface area contributed by atoms with Gasteiger partial charge in [0.1, 0.15) is 6.54 Å². The topological polar surface area (TPSA) is 108 Å². The Hall–Kier alpha value is -3.20. The third-order valence-electron chi connectivity index (χ3n) is 3.62. The van der Waals surface area contributed by atoms with E-state index in [0.717, 1.165) is 5.56 Å². The van der Waals surface area contributed by atoms with Gasteiger partial charge in [0.15, 0.2) is 0 Å². The number of hydrogen-bond acceptors (Lipinski definition) is 5. The van der Waals surface area contributed by atoms with Crippen molar-refractivity contribution < 1.29 is 9.72 Å². The molecule has 1 N–H and O–H groups in total. The predicted octanol–water partition coefficient (Wildman–Crippen LogP) is 2.64. The van der Waals surface area contributed by atoms with Crippen LogP contribution in [0.15, 0.2) is 42.7 Å². The number of hydrogen-bond donors (Lipinski definition) is 1. The fraction of sp³-hybridized carbons (Fsp3) is 0.188. The van der Waals surface area contributed by atoms with Gasteiger partial charge in [-0.25, -0.2) is 0 Å². The maximum atomic E-state index is 12.1. The largest absolute Gasteiger partial charge is 0.390 e. The van der Waals surface area contributed by atoms with Crippen molar-refractivity contribution in [2.75, 3.05) is 5.32 Å². The Morgan fingerprint density at radius 3 is 2.73 bits per heavy atom. The molecule has 0 saturated heterocycles. The molecule has 0 atom stereocenters. The van der Waals surface area contributed by atoms with Crippen LogP contribution in [0.3, 0.4) is 0 Å². The second-order valence-corrected chi connectivity index (χ2v) is 6.10. The number of anilines is 1. The number of nitro groups is 1. The van der Waals surface area contributed by atoms with E-state index in [0.29, 0.717) is 22.9 Å². The Bertz CT molecular complexity index is 947. The van der Waals surface area contributed by atoms with E-state index in [2.05, 4.69) is 15.5 Å². The predicted molar refractivity (Wildman–Crippen MR) is 95.0 cm³/mol. The summed E-state index contributed by atoms with van der Waals surface area (Å²) in [5, 5.41) is 22.1. The average molecular weight is 375 g/mol. The minimum atomic E-state index is -0.595. The lowest BCUT2D eigenvalue weighted by Crippen LogP contribution is -2.20. The number of carbonyl (C=O) groups is 1. The van der Waals surface area contributed by atoms with E-state index >= 15 is 0 Å². The summed E-state index contributed by atoms with van der Waals surface area (Å²) in [5.41, 5.74) is 2.09. The quantitative estimate of drug-likeness (QED) is 0.527. The Kier molecular flexibility index (Phi) is 4.99. The van der Waals surface area contributed by atoms with Gasteiger partial charge in [-0.3, -0.25) is 9.48 Å².